The van der Waals surface area contributed by atoms with Crippen molar-refractivity contribution < 1.29 is 14.9 Å². The van der Waals surface area contributed by atoms with Gasteiger partial charge >= 0.3 is 0 Å². The highest BCUT2D eigenvalue weighted by atomic mass is 16.6. The van der Waals surface area contributed by atoms with Crippen molar-refractivity contribution in [3.05, 3.63) is 58.7 Å². The first-order chi connectivity index (χ1) is 10.7. The topological polar surface area (TPSA) is 53.0 Å². The first-order valence-corrected chi connectivity index (χ1v) is 7.75. The Hall–Kier alpha value is -1.94. The summed E-state index contributed by atoms with van der Waals surface area (Å²) in [6.45, 7) is 0. The van der Waals surface area contributed by atoms with Gasteiger partial charge in [-0.1, -0.05) is 36.4 Å². The van der Waals surface area contributed by atoms with E-state index in [4.69, 9.17) is 4.74 Å². The van der Waals surface area contributed by atoms with Crippen molar-refractivity contribution in [3.63, 3.8) is 0 Å². The van der Waals surface area contributed by atoms with Gasteiger partial charge in [-0.2, -0.15) is 0 Å². The summed E-state index contributed by atoms with van der Waals surface area (Å²) in [6.07, 6.45) is -1.07. The SMILES string of the molecule is O[C@H]1[C@@H]2O[C@@H]2c2c(cc3c4c2ccc2cccc(c24)C3)[C@@H]1O. The predicted molar refractivity (Wildman–Crippen MR) is 82.8 cm³/mol. The summed E-state index contributed by atoms with van der Waals surface area (Å²) in [5.74, 6) is 0. The fourth-order valence-corrected chi connectivity index (χ4v) is 4.54. The highest BCUT2D eigenvalue weighted by molar-refractivity contribution is 6.14. The molecule has 0 unspecified atom stereocenters. The molecule has 3 aromatic carbocycles. The summed E-state index contributed by atoms with van der Waals surface area (Å²) in [5.41, 5.74) is 4.54. The van der Waals surface area contributed by atoms with Crippen LogP contribution in [0.4, 0.5) is 0 Å². The average Bonchev–Trinajstić information content (AvgIpc) is 3.24. The number of ether oxygens (including phenoxy) is 1. The van der Waals surface area contributed by atoms with Gasteiger partial charge in [0.2, 0.25) is 0 Å². The van der Waals surface area contributed by atoms with Crippen LogP contribution in [0.5, 0.6) is 0 Å². The lowest BCUT2D eigenvalue weighted by Crippen LogP contribution is -2.29. The molecule has 4 atom stereocenters. The van der Waals surface area contributed by atoms with Crippen molar-refractivity contribution in [2.24, 2.45) is 0 Å². The molecule has 0 saturated carbocycles. The van der Waals surface area contributed by atoms with Crippen LogP contribution < -0.4 is 0 Å². The molecule has 2 aliphatic carbocycles. The van der Waals surface area contributed by atoms with E-state index in [-0.39, 0.29) is 12.2 Å². The fourth-order valence-electron chi connectivity index (χ4n) is 4.54. The van der Waals surface area contributed by atoms with Crippen LogP contribution in [0.3, 0.4) is 0 Å². The van der Waals surface area contributed by atoms with E-state index in [1.165, 1.54) is 32.7 Å². The first kappa shape index (κ1) is 11.6. The molecule has 2 N–H and O–H groups in total. The van der Waals surface area contributed by atoms with Crippen LogP contribution in [0, 0.1) is 0 Å². The molecule has 3 aliphatic rings. The third-order valence-corrected chi connectivity index (χ3v) is 5.55. The molecule has 0 spiro atoms. The quantitative estimate of drug-likeness (QED) is 0.387. The maximum Gasteiger partial charge on any atom is 0.118 e. The van der Waals surface area contributed by atoms with Crippen molar-refractivity contribution in [3.8, 4) is 0 Å². The van der Waals surface area contributed by atoms with Crippen molar-refractivity contribution >= 4 is 21.5 Å². The zero-order chi connectivity index (χ0) is 14.6. The molecule has 1 saturated heterocycles. The second-order valence-corrected chi connectivity index (χ2v) is 6.68. The van der Waals surface area contributed by atoms with Gasteiger partial charge in [0.25, 0.3) is 0 Å². The lowest BCUT2D eigenvalue weighted by Gasteiger charge is -2.25. The van der Waals surface area contributed by atoms with Crippen LogP contribution in [0.2, 0.25) is 0 Å². The fraction of sp³-hybridized carbons (Fsp3) is 0.263. The van der Waals surface area contributed by atoms with Gasteiger partial charge in [-0.3, -0.25) is 0 Å². The Morgan fingerprint density at radius 1 is 1.00 bits per heavy atom. The lowest BCUT2D eigenvalue weighted by atomic mass is 9.82. The van der Waals surface area contributed by atoms with Crippen molar-refractivity contribution in [2.45, 2.75) is 30.8 Å². The first-order valence-electron chi connectivity index (χ1n) is 7.75. The molecule has 1 fully saturated rings. The number of aliphatic hydroxyl groups is 2. The molecule has 0 bridgehead atoms. The van der Waals surface area contributed by atoms with Crippen molar-refractivity contribution in [1.29, 1.82) is 0 Å². The number of rotatable bonds is 0. The van der Waals surface area contributed by atoms with Crippen molar-refractivity contribution in [1.82, 2.24) is 0 Å². The van der Waals surface area contributed by atoms with Crippen LogP contribution in [0.25, 0.3) is 21.5 Å². The molecule has 0 aromatic heterocycles. The van der Waals surface area contributed by atoms with Gasteiger partial charge < -0.3 is 14.9 Å². The van der Waals surface area contributed by atoms with E-state index in [1.807, 2.05) is 0 Å². The summed E-state index contributed by atoms with van der Waals surface area (Å²) in [7, 11) is 0. The Bertz CT molecular complexity index is 991. The Morgan fingerprint density at radius 2 is 1.91 bits per heavy atom. The highest BCUT2D eigenvalue weighted by Crippen LogP contribution is 2.55. The van der Waals surface area contributed by atoms with Crippen molar-refractivity contribution in [2.75, 3.05) is 0 Å². The van der Waals surface area contributed by atoms with Crippen LogP contribution >= 0.6 is 0 Å². The van der Waals surface area contributed by atoms with E-state index in [0.717, 1.165) is 17.5 Å². The molecule has 0 amide bonds. The molecule has 1 aliphatic heterocycles. The van der Waals surface area contributed by atoms with Gasteiger partial charge in [-0.05, 0) is 50.2 Å². The summed E-state index contributed by atoms with van der Waals surface area (Å²) < 4.78 is 5.65. The van der Waals surface area contributed by atoms with E-state index >= 15 is 0 Å². The third-order valence-electron chi connectivity index (χ3n) is 5.55. The summed E-state index contributed by atoms with van der Waals surface area (Å²) in [4.78, 5) is 0. The minimum Gasteiger partial charge on any atom is -0.387 e. The molecule has 108 valence electrons. The molecule has 22 heavy (non-hydrogen) atoms. The zero-order valence-corrected chi connectivity index (χ0v) is 11.8. The van der Waals surface area contributed by atoms with Gasteiger partial charge in [0, 0.05) is 0 Å². The standard InChI is InChI=1S/C19H14O3/c20-16-12-7-10-6-9-3-1-2-8-4-5-11(14(10)13(8)9)15(12)18-19(22-18)17(16)21/h1-5,7,16-21H,6H2/t16-,17+,18+,19-/m0/s1. The van der Waals surface area contributed by atoms with Crippen LogP contribution in [-0.4, -0.2) is 22.4 Å². The number of fused-ring (bicyclic) bond motifs is 4. The summed E-state index contributed by atoms with van der Waals surface area (Å²) in [5, 5.41) is 25.7. The van der Waals surface area contributed by atoms with Crippen LogP contribution in [0.1, 0.15) is 34.5 Å². The molecular formula is C19H14O3. The normalized spacial score (nSPS) is 30.8. The monoisotopic (exact) mass is 290 g/mol. The predicted octanol–water partition coefficient (Wildman–Crippen LogP) is 2.75. The van der Waals surface area contributed by atoms with Crippen LogP contribution in [0.15, 0.2) is 36.4 Å². The molecular weight excluding hydrogens is 276 g/mol. The van der Waals surface area contributed by atoms with E-state index < -0.39 is 12.2 Å². The highest BCUT2D eigenvalue weighted by Gasteiger charge is 2.54. The number of benzene rings is 3. The van der Waals surface area contributed by atoms with Gasteiger partial charge in [-0.15, -0.1) is 0 Å². The Balaban J connectivity index is 1.80. The molecule has 3 aromatic rings. The number of aliphatic hydroxyl groups excluding tert-OH is 2. The summed E-state index contributed by atoms with van der Waals surface area (Å²) >= 11 is 0. The summed E-state index contributed by atoms with van der Waals surface area (Å²) in [6, 6.07) is 12.8. The number of hydrogen-bond acceptors (Lipinski definition) is 3. The Kier molecular flexibility index (Phi) is 1.85. The van der Waals surface area contributed by atoms with Crippen LogP contribution in [-0.2, 0) is 11.2 Å². The van der Waals surface area contributed by atoms with E-state index in [1.54, 1.807) is 0 Å². The maximum absolute atomic E-state index is 10.5. The van der Waals surface area contributed by atoms with Gasteiger partial charge in [0.15, 0.2) is 0 Å². The smallest absolute Gasteiger partial charge is 0.118 e. The zero-order valence-electron chi connectivity index (χ0n) is 11.8. The second kappa shape index (κ2) is 3.51. The second-order valence-electron chi connectivity index (χ2n) is 6.68. The van der Waals surface area contributed by atoms with E-state index in [2.05, 4.69) is 36.4 Å². The minimum atomic E-state index is -0.848. The van der Waals surface area contributed by atoms with E-state index in [9.17, 15) is 10.2 Å². The lowest BCUT2D eigenvalue weighted by molar-refractivity contribution is 0.0000768. The molecule has 6 rings (SSSR count). The Morgan fingerprint density at radius 3 is 2.82 bits per heavy atom. The molecule has 3 heteroatoms. The Labute approximate surface area is 126 Å². The molecule has 0 radical (unpaired) electrons. The third kappa shape index (κ3) is 1.17. The largest absolute Gasteiger partial charge is 0.387 e. The number of epoxide rings is 1. The van der Waals surface area contributed by atoms with E-state index in [0.29, 0.717) is 0 Å². The minimum absolute atomic E-state index is 0.0623. The average molecular weight is 290 g/mol. The van der Waals surface area contributed by atoms with Gasteiger partial charge in [0.05, 0.1) is 0 Å². The van der Waals surface area contributed by atoms with Gasteiger partial charge in [-0.25, -0.2) is 0 Å². The number of hydrogen-bond donors (Lipinski definition) is 2. The molecule has 1 heterocycles. The van der Waals surface area contributed by atoms with Gasteiger partial charge in [0.1, 0.15) is 24.4 Å². The molecule has 3 nitrogen and oxygen atoms in total. The maximum atomic E-state index is 10.5.